The summed E-state index contributed by atoms with van der Waals surface area (Å²) in [6, 6.07) is 24.7. The van der Waals surface area contributed by atoms with Gasteiger partial charge in [-0.25, -0.2) is 0 Å². The van der Waals surface area contributed by atoms with E-state index in [0.29, 0.717) is 21.9 Å². The number of hydrogen-bond acceptors (Lipinski definition) is 8. The van der Waals surface area contributed by atoms with Crippen LogP contribution in [0.2, 0.25) is 0 Å². The minimum atomic E-state index is -2.09. The molecule has 214 valence electrons. The fourth-order valence-electron chi connectivity index (χ4n) is 6.89. The van der Waals surface area contributed by atoms with E-state index in [2.05, 4.69) is 11.1 Å². The fraction of sp³-hybridized carbons (Fsp3) is 0.242. The summed E-state index contributed by atoms with van der Waals surface area (Å²) in [5.74, 6) is -1.57. The number of aliphatic hydroxyl groups excluding tert-OH is 1. The van der Waals surface area contributed by atoms with Crippen LogP contribution in [0.15, 0.2) is 85.1 Å². The van der Waals surface area contributed by atoms with E-state index in [4.69, 9.17) is 18.9 Å². The van der Waals surface area contributed by atoms with Crippen molar-refractivity contribution in [2.45, 2.75) is 23.2 Å². The number of thiophene rings is 1. The molecule has 2 aliphatic rings. The first-order valence-electron chi connectivity index (χ1n) is 13.5. The SMILES string of the molecule is COC(=O)[C@H]1[C@@H](O)[C@@]2(O)c3c(OC)cc(OC)cc3O[C@@]2(c2ccc(-c3ccc4[nH]ccc4c3)s2)[C@@H]1c1ccccc1. The van der Waals surface area contributed by atoms with Gasteiger partial charge in [0.2, 0.25) is 0 Å². The first-order valence-corrected chi connectivity index (χ1v) is 14.4. The van der Waals surface area contributed by atoms with Crippen LogP contribution in [-0.2, 0) is 20.7 Å². The Balaban J connectivity index is 1.51. The van der Waals surface area contributed by atoms with Crippen LogP contribution in [-0.4, -0.2) is 48.6 Å². The number of carbonyl (C=O) groups is 1. The summed E-state index contributed by atoms with van der Waals surface area (Å²) in [6.45, 7) is 0. The lowest BCUT2D eigenvalue weighted by Crippen LogP contribution is -2.51. The Kier molecular flexibility index (Phi) is 6.09. The van der Waals surface area contributed by atoms with Crippen molar-refractivity contribution in [3.63, 3.8) is 0 Å². The summed E-state index contributed by atoms with van der Waals surface area (Å²) in [6.07, 6.45) is 0.302. The summed E-state index contributed by atoms with van der Waals surface area (Å²) < 4.78 is 23.3. The number of H-pyrrole nitrogens is 1. The topological polar surface area (TPSA) is 110 Å². The molecule has 1 fully saturated rings. The number of aliphatic hydroxyl groups is 2. The van der Waals surface area contributed by atoms with Crippen molar-refractivity contribution in [1.82, 2.24) is 4.98 Å². The van der Waals surface area contributed by atoms with Crippen LogP contribution in [0.5, 0.6) is 17.2 Å². The number of benzene rings is 3. The maximum absolute atomic E-state index is 13.4. The minimum absolute atomic E-state index is 0.259. The van der Waals surface area contributed by atoms with Crippen LogP contribution >= 0.6 is 11.3 Å². The highest BCUT2D eigenvalue weighted by Crippen LogP contribution is 2.71. The monoisotopic (exact) mass is 583 g/mol. The third-order valence-electron chi connectivity index (χ3n) is 8.72. The van der Waals surface area contributed by atoms with E-state index in [-0.39, 0.29) is 11.3 Å². The van der Waals surface area contributed by atoms with Crippen molar-refractivity contribution in [3.8, 4) is 27.7 Å². The van der Waals surface area contributed by atoms with Gasteiger partial charge in [-0.1, -0.05) is 36.4 Å². The van der Waals surface area contributed by atoms with Gasteiger partial charge in [0, 0.05) is 34.6 Å². The van der Waals surface area contributed by atoms with Crippen LogP contribution in [0.25, 0.3) is 21.3 Å². The predicted molar refractivity (Wildman–Crippen MR) is 158 cm³/mol. The highest BCUT2D eigenvalue weighted by Gasteiger charge is 2.78. The molecule has 42 heavy (non-hydrogen) atoms. The number of nitrogens with one attached hydrogen (secondary N) is 1. The zero-order valence-electron chi connectivity index (χ0n) is 23.2. The standard InChI is InChI=1S/C33H29NO7S/c1-38-21-16-23(39-2)29-24(17-21)41-33(26-12-11-25(42-26)20-9-10-22-19(15-20)13-14-34-22)28(18-7-5-4-6-8-18)27(31(36)40-3)30(35)32(29,33)37/h4-17,27-28,30,34-35,37H,1-3H3/t27-,28-,30-,32+,33+/m1/s1. The van der Waals surface area contributed by atoms with Crippen LogP contribution in [0.4, 0.5) is 0 Å². The molecule has 0 bridgehead atoms. The van der Waals surface area contributed by atoms with Gasteiger partial charge in [-0.2, -0.15) is 0 Å². The second-order valence-electron chi connectivity index (χ2n) is 10.6. The van der Waals surface area contributed by atoms with E-state index in [1.54, 1.807) is 12.1 Å². The number of esters is 1. The quantitative estimate of drug-likeness (QED) is 0.232. The molecule has 1 saturated carbocycles. The van der Waals surface area contributed by atoms with Crippen molar-refractivity contribution in [3.05, 3.63) is 101 Å². The molecule has 9 heteroatoms. The number of rotatable bonds is 6. The van der Waals surface area contributed by atoms with Crippen molar-refractivity contribution in [1.29, 1.82) is 0 Å². The summed E-state index contributed by atoms with van der Waals surface area (Å²) >= 11 is 1.45. The zero-order valence-corrected chi connectivity index (χ0v) is 24.0. The van der Waals surface area contributed by atoms with Crippen LogP contribution in [0, 0.1) is 5.92 Å². The lowest BCUT2D eigenvalue weighted by Gasteiger charge is -2.39. The molecule has 0 amide bonds. The molecule has 2 aromatic heterocycles. The molecule has 5 aromatic rings. The van der Waals surface area contributed by atoms with Crippen LogP contribution in [0.1, 0.15) is 21.9 Å². The van der Waals surface area contributed by atoms with Gasteiger partial charge in [0.15, 0.2) is 11.2 Å². The molecule has 0 radical (unpaired) electrons. The average Bonchev–Trinajstić information content (AvgIpc) is 3.79. The highest BCUT2D eigenvalue weighted by atomic mass is 32.1. The van der Waals surface area contributed by atoms with Gasteiger partial charge >= 0.3 is 5.97 Å². The zero-order chi connectivity index (χ0) is 29.2. The Morgan fingerprint density at radius 3 is 2.52 bits per heavy atom. The maximum Gasteiger partial charge on any atom is 0.312 e. The van der Waals surface area contributed by atoms with Crippen molar-refractivity contribution in [2.24, 2.45) is 5.92 Å². The van der Waals surface area contributed by atoms with Crippen molar-refractivity contribution < 1.29 is 34.0 Å². The van der Waals surface area contributed by atoms with Gasteiger partial charge in [-0.05, 0) is 46.8 Å². The van der Waals surface area contributed by atoms with E-state index >= 15 is 0 Å². The summed E-state index contributed by atoms with van der Waals surface area (Å²) in [5.41, 5.74) is -0.711. The third kappa shape index (κ3) is 3.44. The molecule has 1 aliphatic carbocycles. The van der Waals surface area contributed by atoms with E-state index in [1.807, 2.05) is 66.9 Å². The van der Waals surface area contributed by atoms with Gasteiger partial charge in [-0.15, -0.1) is 11.3 Å². The average molecular weight is 584 g/mol. The Morgan fingerprint density at radius 1 is 0.976 bits per heavy atom. The van der Waals surface area contributed by atoms with E-state index < -0.39 is 35.1 Å². The molecule has 7 rings (SSSR count). The molecule has 3 aromatic carbocycles. The molecule has 3 heterocycles. The Morgan fingerprint density at radius 2 is 1.79 bits per heavy atom. The number of aromatic amines is 1. The van der Waals surface area contributed by atoms with E-state index in [9.17, 15) is 15.0 Å². The largest absolute Gasteiger partial charge is 0.496 e. The Labute approximate surface area is 246 Å². The summed E-state index contributed by atoms with van der Waals surface area (Å²) in [5, 5.41) is 26.1. The van der Waals surface area contributed by atoms with Gasteiger partial charge in [-0.3, -0.25) is 4.79 Å². The summed E-state index contributed by atoms with van der Waals surface area (Å²) in [4.78, 5) is 18.3. The lowest BCUT2D eigenvalue weighted by molar-refractivity contribution is -0.160. The lowest BCUT2D eigenvalue weighted by atomic mass is 9.73. The first kappa shape index (κ1) is 26.6. The second kappa shape index (κ2) is 9.62. The smallest absolute Gasteiger partial charge is 0.312 e. The first-order chi connectivity index (χ1) is 20.4. The van der Waals surface area contributed by atoms with Gasteiger partial charge < -0.3 is 34.1 Å². The maximum atomic E-state index is 13.4. The summed E-state index contributed by atoms with van der Waals surface area (Å²) in [7, 11) is 4.29. The molecule has 3 N–H and O–H groups in total. The Bertz CT molecular complexity index is 1810. The third-order valence-corrected chi connectivity index (χ3v) is 9.97. The molecule has 0 saturated heterocycles. The van der Waals surface area contributed by atoms with Gasteiger partial charge in [0.1, 0.15) is 23.4 Å². The number of ether oxygens (including phenoxy) is 4. The molecule has 1 aliphatic heterocycles. The molecule has 0 unspecified atom stereocenters. The number of aromatic nitrogens is 1. The number of carbonyl (C=O) groups excluding carboxylic acids is 1. The Hall–Kier alpha value is -4.31. The minimum Gasteiger partial charge on any atom is -0.496 e. The predicted octanol–water partition coefficient (Wildman–Crippen LogP) is 5.34. The molecule has 5 atom stereocenters. The van der Waals surface area contributed by atoms with E-state index in [1.165, 1.54) is 32.7 Å². The van der Waals surface area contributed by atoms with Crippen molar-refractivity contribution in [2.75, 3.05) is 21.3 Å². The molecule has 8 nitrogen and oxygen atoms in total. The molecular formula is C33H29NO7S. The van der Waals surface area contributed by atoms with Crippen LogP contribution in [0.3, 0.4) is 0 Å². The molecule has 0 spiro atoms. The fourth-order valence-corrected chi connectivity index (χ4v) is 8.12. The van der Waals surface area contributed by atoms with Gasteiger partial charge in [0.25, 0.3) is 0 Å². The van der Waals surface area contributed by atoms with Crippen molar-refractivity contribution >= 4 is 28.2 Å². The van der Waals surface area contributed by atoms with Gasteiger partial charge in [0.05, 0.1) is 37.7 Å². The normalized spacial score (nSPS) is 26.0. The number of methoxy groups -OCH3 is 3. The second-order valence-corrected chi connectivity index (χ2v) is 11.7. The van der Waals surface area contributed by atoms with Crippen LogP contribution < -0.4 is 14.2 Å². The number of fused-ring (bicyclic) bond motifs is 4. The van der Waals surface area contributed by atoms with E-state index in [0.717, 1.165) is 21.3 Å². The highest BCUT2D eigenvalue weighted by molar-refractivity contribution is 7.15. The molecular weight excluding hydrogens is 554 g/mol. The number of hydrogen-bond donors (Lipinski definition) is 3.